The molecule has 1 rings (SSSR count). The van der Waals surface area contributed by atoms with Crippen molar-refractivity contribution in [2.75, 3.05) is 13.2 Å². The van der Waals surface area contributed by atoms with E-state index < -0.39 is 5.54 Å². The van der Waals surface area contributed by atoms with E-state index in [0.29, 0.717) is 12.4 Å². The minimum atomic E-state index is -0.890. The lowest BCUT2D eigenvalue weighted by Crippen LogP contribution is -2.50. The Hall–Kier alpha value is -2.22. The van der Waals surface area contributed by atoms with E-state index in [2.05, 4.69) is 11.4 Å². The van der Waals surface area contributed by atoms with Gasteiger partial charge in [-0.25, -0.2) is 0 Å². The Bertz CT molecular complexity index is 505. The maximum absolute atomic E-state index is 11.9. The maximum atomic E-state index is 11.9. The van der Waals surface area contributed by atoms with Gasteiger partial charge in [-0.15, -0.1) is 0 Å². The van der Waals surface area contributed by atoms with E-state index in [1.54, 1.807) is 31.2 Å². The lowest BCUT2D eigenvalue weighted by molar-refractivity contribution is -0.124. The highest BCUT2D eigenvalue weighted by Crippen LogP contribution is 2.18. The molecule has 5 nitrogen and oxygen atoms in total. The van der Waals surface area contributed by atoms with Crippen LogP contribution in [0.4, 0.5) is 0 Å². The average Bonchev–Trinajstić information content (AvgIpc) is 2.46. The zero-order valence-corrected chi connectivity index (χ0v) is 13.0. The van der Waals surface area contributed by atoms with Gasteiger partial charge >= 0.3 is 0 Å². The summed E-state index contributed by atoms with van der Waals surface area (Å²) in [6.07, 6.45) is 0. The van der Waals surface area contributed by atoms with Crippen molar-refractivity contribution in [3.05, 3.63) is 24.3 Å². The molecule has 0 aliphatic carbocycles. The first-order valence-electron chi connectivity index (χ1n) is 6.99. The van der Waals surface area contributed by atoms with Crippen molar-refractivity contribution >= 4 is 5.91 Å². The number of amides is 1. The number of nitrogens with one attached hydrogen (secondary N) is 1. The number of carbonyl (C=O) groups excluding carboxylic acids is 1. The Morgan fingerprint density at radius 3 is 2.24 bits per heavy atom. The van der Waals surface area contributed by atoms with Crippen LogP contribution >= 0.6 is 0 Å². The van der Waals surface area contributed by atoms with Crippen LogP contribution in [0.5, 0.6) is 11.5 Å². The van der Waals surface area contributed by atoms with Crippen LogP contribution in [0.15, 0.2) is 24.3 Å². The van der Waals surface area contributed by atoms with Gasteiger partial charge in [-0.05, 0) is 44.0 Å². The molecule has 1 amide bonds. The van der Waals surface area contributed by atoms with Crippen LogP contribution in [0.1, 0.15) is 27.7 Å². The molecule has 21 heavy (non-hydrogen) atoms. The third kappa shape index (κ3) is 4.99. The number of nitriles is 1. The largest absolute Gasteiger partial charge is 0.494 e. The van der Waals surface area contributed by atoms with Gasteiger partial charge in [0, 0.05) is 0 Å². The first kappa shape index (κ1) is 16.8. The van der Waals surface area contributed by atoms with E-state index in [1.165, 1.54) is 0 Å². The van der Waals surface area contributed by atoms with Crippen LogP contribution in [0.25, 0.3) is 0 Å². The summed E-state index contributed by atoms with van der Waals surface area (Å²) in [5.41, 5.74) is -0.890. The van der Waals surface area contributed by atoms with Gasteiger partial charge in [-0.3, -0.25) is 4.79 Å². The topological polar surface area (TPSA) is 71.3 Å². The molecule has 114 valence electrons. The van der Waals surface area contributed by atoms with Crippen molar-refractivity contribution in [1.29, 1.82) is 5.26 Å². The molecule has 0 fully saturated rings. The molecule has 0 aromatic heterocycles. The SMILES string of the molecule is CCOc1ccc(OCC(=O)N[C@@](C)(C#N)C(C)C)cc1. The smallest absolute Gasteiger partial charge is 0.259 e. The molecular formula is C16H22N2O3. The first-order chi connectivity index (χ1) is 9.91. The summed E-state index contributed by atoms with van der Waals surface area (Å²) < 4.78 is 10.7. The van der Waals surface area contributed by atoms with Gasteiger partial charge in [0.2, 0.25) is 0 Å². The van der Waals surface area contributed by atoms with Crippen LogP contribution in [0.3, 0.4) is 0 Å². The van der Waals surface area contributed by atoms with Gasteiger partial charge < -0.3 is 14.8 Å². The Morgan fingerprint density at radius 1 is 1.29 bits per heavy atom. The maximum Gasteiger partial charge on any atom is 0.259 e. The average molecular weight is 290 g/mol. The summed E-state index contributed by atoms with van der Waals surface area (Å²) >= 11 is 0. The molecule has 1 aromatic rings. The Morgan fingerprint density at radius 2 is 1.81 bits per heavy atom. The second kappa shape index (κ2) is 7.53. The summed E-state index contributed by atoms with van der Waals surface area (Å²) in [5.74, 6) is 1.03. The van der Waals surface area contributed by atoms with Gasteiger partial charge in [-0.1, -0.05) is 13.8 Å². The summed E-state index contributed by atoms with van der Waals surface area (Å²) in [5, 5.41) is 11.8. The van der Waals surface area contributed by atoms with E-state index in [9.17, 15) is 4.79 Å². The number of hydrogen-bond donors (Lipinski definition) is 1. The summed E-state index contributed by atoms with van der Waals surface area (Å²) in [7, 11) is 0. The van der Waals surface area contributed by atoms with Gasteiger partial charge in [-0.2, -0.15) is 5.26 Å². The van der Waals surface area contributed by atoms with E-state index in [1.807, 2.05) is 20.8 Å². The highest BCUT2D eigenvalue weighted by atomic mass is 16.5. The predicted octanol–water partition coefficient (Wildman–Crippen LogP) is 2.52. The molecule has 1 N–H and O–H groups in total. The molecule has 0 bridgehead atoms. The lowest BCUT2D eigenvalue weighted by atomic mass is 9.90. The monoisotopic (exact) mass is 290 g/mol. The molecule has 0 aliphatic heterocycles. The van der Waals surface area contributed by atoms with Crippen molar-refractivity contribution in [3.8, 4) is 17.6 Å². The molecular weight excluding hydrogens is 268 g/mol. The molecule has 0 radical (unpaired) electrons. The summed E-state index contributed by atoms with van der Waals surface area (Å²) in [4.78, 5) is 11.9. The highest BCUT2D eigenvalue weighted by molar-refractivity contribution is 5.78. The second-order valence-corrected chi connectivity index (χ2v) is 5.21. The quantitative estimate of drug-likeness (QED) is 0.837. The first-order valence-corrected chi connectivity index (χ1v) is 6.99. The molecule has 1 atom stereocenters. The Kier molecular flexibility index (Phi) is 6.04. The van der Waals surface area contributed by atoms with Gasteiger partial charge in [0.1, 0.15) is 17.0 Å². The molecule has 0 unspecified atom stereocenters. The fourth-order valence-electron chi connectivity index (χ4n) is 1.57. The number of benzene rings is 1. The summed E-state index contributed by atoms with van der Waals surface area (Å²) in [6, 6.07) is 9.17. The number of carbonyl (C=O) groups is 1. The van der Waals surface area contributed by atoms with Crippen LogP contribution in [0, 0.1) is 17.2 Å². The third-order valence-corrected chi connectivity index (χ3v) is 3.29. The number of ether oxygens (including phenoxy) is 2. The van der Waals surface area contributed by atoms with Gasteiger partial charge in [0.15, 0.2) is 6.61 Å². The van der Waals surface area contributed by atoms with Crippen molar-refractivity contribution in [1.82, 2.24) is 5.32 Å². The van der Waals surface area contributed by atoms with E-state index in [0.717, 1.165) is 5.75 Å². The molecule has 5 heteroatoms. The molecule has 0 heterocycles. The number of nitrogens with zero attached hydrogens (tertiary/aromatic N) is 1. The van der Waals surface area contributed by atoms with Crippen molar-refractivity contribution < 1.29 is 14.3 Å². The normalized spacial score (nSPS) is 13.1. The summed E-state index contributed by atoms with van der Waals surface area (Å²) in [6.45, 7) is 7.86. The van der Waals surface area contributed by atoms with Crippen molar-refractivity contribution in [2.24, 2.45) is 5.92 Å². The fourth-order valence-corrected chi connectivity index (χ4v) is 1.57. The predicted molar refractivity (Wildman–Crippen MR) is 80.1 cm³/mol. The second-order valence-electron chi connectivity index (χ2n) is 5.21. The Balaban J connectivity index is 2.51. The molecule has 1 aromatic carbocycles. The number of rotatable bonds is 7. The van der Waals surface area contributed by atoms with Crippen LogP contribution in [-0.4, -0.2) is 24.7 Å². The Labute approximate surface area is 125 Å². The molecule has 0 saturated heterocycles. The highest BCUT2D eigenvalue weighted by Gasteiger charge is 2.29. The van der Waals surface area contributed by atoms with E-state index >= 15 is 0 Å². The van der Waals surface area contributed by atoms with Crippen LogP contribution in [-0.2, 0) is 4.79 Å². The zero-order valence-electron chi connectivity index (χ0n) is 13.0. The molecule has 0 aliphatic rings. The van der Waals surface area contributed by atoms with Gasteiger partial charge in [0.25, 0.3) is 5.91 Å². The van der Waals surface area contributed by atoms with Gasteiger partial charge in [0.05, 0.1) is 12.7 Å². The van der Waals surface area contributed by atoms with Crippen LogP contribution < -0.4 is 14.8 Å². The molecule has 0 spiro atoms. The standard InChI is InChI=1S/C16H22N2O3/c1-5-20-13-6-8-14(9-7-13)21-10-15(19)18-16(4,11-17)12(2)3/h6-9,12H,5,10H2,1-4H3,(H,18,19)/t16-/m0/s1. The number of hydrogen-bond acceptors (Lipinski definition) is 4. The zero-order chi connectivity index (χ0) is 15.9. The fraction of sp³-hybridized carbons (Fsp3) is 0.500. The van der Waals surface area contributed by atoms with E-state index in [-0.39, 0.29) is 18.4 Å². The van der Waals surface area contributed by atoms with E-state index in [4.69, 9.17) is 14.7 Å². The minimum Gasteiger partial charge on any atom is -0.494 e. The minimum absolute atomic E-state index is 0.0110. The lowest BCUT2D eigenvalue weighted by Gasteiger charge is -2.27. The molecule has 0 saturated carbocycles. The third-order valence-electron chi connectivity index (χ3n) is 3.29. The van der Waals surface area contributed by atoms with Crippen molar-refractivity contribution in [2.45, 2.75) is 33.2 Å². The van der Waals surface area contributed by atoms with Crippen LogP contribution in [0.2, 0.25) is 0 Å². The van der Waals surface area contributed by atoms with Crippen molar-refractivity contribution in [3.63, 3.8) is 0 Å².